The average Bonchev–Trinajstić information content (AvgIpc) is 2.76. The molecule has 0 bridgehead atoms. The summed E-state index contributed by atoms with van der Waals surface area (Å²) in [5.74, 6) is 0.858. The van der Waals surface area contributed by atoms with Crippen LogP contribution in [-0.4, -0.2) is 18.8 Å². The molecule has 2 unspecified atom stereocenters. The van der Waals surface area contributed by atoms with E-state index in [-0.39, 0.29) is 18.6 Å². The molecule has 1 N–H and O–H groups in total. The number of nitrogens with one attached hydrogen (secondary N) is 1. The Kier molecular flexibility index (Phi) is 5.14. The van der Waals surface area contributed by atoms with E-state index in [0.29, 0.717) is 6.54 Å². The zero-order valence-corrected chi connectivity index (χ0v) is 12.5. The Balaban J connectivity index is 2.11. The van der Waals surface area contributed by atoms with E-state index in [4.69, 9.17) is 4.74 Å². The molecule has 0 saturated heterocycles. The molecule has 1 aromatic rings. The van der Waals surface area contributed by atoms with E-state index in [9.17, 15) is 13.2 Å². The minimum atomic E-state index is -4.11. The third kappa shape index (κ3) is 4.63. The highest BCUT2D eigenvalue weighted by atomic mass is 19.4. The Hall–Kier alpha value is -1.23. The molecule has 21 heavy (non-hydrogen) atoms. The van der Waals surface area contributed by atoms with Crippen LogP contribution in [0.1, 0.15) is 50.3 Å². The van der Waals surface area contributed by atoms with Gasteiger partial charge in [0, 0.05) is 18.9 Å². The molecule has 1 aliphatic rings. The standard InChI is InChI=1S/C16H22F3NO/c1-3-8-20-14(6-7-16(17,18)19)12-4-5-15-13(10-12)9-11(2)21-15/h4-5,10-11,14,20H,3,6-9H2,1-2H3. The van der Waals surface area contributed by atoms with Crippen molar-refractivity contribution in [1.29, 1.82) is 0 Å². The van der Waals surface area contributed by atoms with Gasteiger partial charge in [-0.2, -0.15) is 13.2 Å². The summed E-state index contributed by atoms with van der Waals surface area (Å²) < 4.78 is 43.1. The second kappa shape index (κ2) is 6.69. The lowest BCUT2D eigenvalue weighted by molar-refractivity contribution is -0.136. The zero-order valence-electron chi connectivity index (χ0n) is 12.5. The largest absolute Gasteiger partial charge is 0.490 e. The molecule has 0 saturated carbocycles. The van der Waals surface area contributed by atoms with Crippen molar-refractivity contribution < 1.29 is 17.9 Å². The monoisotopic (exact) mass is 301 g/mol. The fourth-order valence-corrected chi connectivity index (χ4v) is 2.67. The maximum atomic E-state index is 12.5. The minimum absolute atomic E-state index is 0.0682. The molecule has 1 heterocycles. The molecular weight excluding hydrogens is 279 g/mol. The van der Waals surface area contributed by atoms with Gasteiger partial charge in [-0.05, 0) is 43.5 Å². The molecule has 0 amide bonds. The molecule has 1 aromatic carbocycles. The van der Waals surface area contributed by atoms with Gasteiger partial charge in [-0.3, -0.25) is 0 Å². The van der Waals surface area contributed by atoms with Crippen LogP contribution in [-0.2, 0) is 6.42 Å². The van der Waals surface area contributed by atoms with Crippen molar-refractivity contribution in [2.24, 2.45) is 0 Å². The SMILES string of the molecule is CCCNC(CCC(F)(F)F)c1ccc2c(c1)CC(C)O2. The molecule has 0 fully saturated rings. The van der Waals surface area contributed by atoms with Gasteiger partial charge in [0.15, 0.2) is 0 Å². The predicted octanol–water partition coefficient (Wildman–Crippen LogP) is 4.39. The summed E-state index contributed by atoms with van der Waals surface area (Å²) in [6.07, 6.45) is -2.94. The summed E-state index contributed by atoms with van der Waals surface area (Å²) in [5.41, 5.74) is 2.01. The second-order valence-electron chi connectivity index (χ2n) is 5.66. The number of alkyl halides is 3. The highest BCUT2D eigenvalue weighted by molar-refractivity contribution is 5.41. The van der Waals surface area contributed by atoms with E-state index < -0.39 is 12.6 Å². The van der Waals surface area contributed by atoms with Crippen LogP contribution >= 0.6 is 0 Å². The number of ether oxygens (including phenoxy) is 1. The number of halogens is 3. The van der Waals surface area contributed by atoms with Gasteiger partial charge in [0.2, 0.25) is 0 Å². The number of benzene rings is 1. The molecule has 0 spiro atoms. The molecule has 0 aliphatic carbocycles. The van der Waals surface area contributed by atoms with Crippen molar-refractivity contribution >= 4 is 0 Å². The smallest absolute Gasteiger partial charge is 0.389 e. The van der Waals surface area contributed by atoms with Gasteiger partial charge in [-0.15, -0.1) is 0 Å². The van der Waals surface area contributed by atoms with Gasteiger partial charge in [-0.25, -0.2) is 0 Å². The van der Waals surface area contributed by atoms with E-state index in [1.165, 1.54) is 0 Å². The zero-order chi connectivity index (χ0) is 15.5. The van der Waals surface area contributed by atoms with Crippen molar-refractivity contribution in [2.45, 2.75) is 57.9 Å². The van der Waals surface area contributed by atoms with E-state index in [0.717, 1.165) is 29.7 Å². The molecule has 2 atom stereocenters. The third-order valence-electron chi connectivity index (χ3n) is 3.68. The first-order valence-corrected chi connectivity index (χ1v) is 7.48. The molecule has 0 radical (unpaired) electrons. The first-order valence-electron chi connectivity index (χ1n) is 7.48. The summed E-state index contributed by atoms with van der Waals surface area (Å²) in [6.45, 7) is 4.72. The Morgan fingerprint density at radius 3 is 2.81 bits per heavy atom. The van der Waals surface area contributed by atoms with E-state index in [1.807, 2.05) is 32.0 Å². The van der Waals surface area contributed by atoms with Crippen molar-refractivity contribution in [2.75, 3.05) is 6.54 Å². The van der Waals surface area contributed by atoms with Crippen molar-refractivity contribution in [1.82, 2.24) is 5.32 Å². The first-order chi connectivity index (χ1) is 9.89. The minimum Gasteiger partial charge on any atom is -0.490 e. The summed E-state index contributed by atoms with van der Waals surface area (Å²) >= 11 is 0. The van der Waals surface area contributed by atoms with Gasteiger partial charge in [-0.1, -0.05) is 19.1 Å². The molecule has 2 rings (SSSR count). The van der Waals surface area contributed by atoms with Crippen molar-refractivity contribution in [3.05, 3.63) is 29.3 Å². The third-order valence-corrected chi connectivity index (χ3v) is 3.68. The Morgan fingerprint density at radius 1 is 1.38 bits per heavy atom. The van der Waals surface area contributed by atoms with Crippen molar-refractivity contribution in [3.63, 3.8) is 0 Å². The fraction of sp³-hybridized carbons (Fsp3) is 0.625. The van der Waals surface area contributed by atoms with Crippen LogP contribution in [0, 0.1) is 0 Å². The highest BCUT2D eigenvalue weighted by Crippen LogP contribution is 2.33. The van der Waals surface area contributed by atoms with E-state index >= 15 is 0 Å². The van der Waals surface area contributed by atoms with E-state index in [2.05, 4.69) is 5.32 Å². The fourth-order valence-electron chi connectivity index (χ4n) is 2.67. The molecular formula is C16H22F3NO. The van der Waals surface area contributed by atoms with Crippen LogP contribution in [0.3, 0.4) is 0 Å². The van der Waals surface area contributed by atoms with Crippen LogP contribution in [0.5, 0.6) is 5.75 Å². The number of hydrogen-bond donors (Lipinski definition) is 1. The number of rotatable bonds is 6. The Labute approximate surface area is 123 Å². The van der Waals surface area contributed by atoms with Crippen molar-refractivity contribution in [3.8, 4) is 5.75 Å². The maximum Gasteiger partial charge on any atom is 0.389 e. The van der Waals surface area contributed by atoms with Crippen LogP contribution in [0.2, 0.25) is 0 Å². The molecule has 5 heteroatoms. The van der Waals surface area contributed by atoms with Crippen LogP contribution < -0.4 is 10.1 Å². The average molecular weight is 301 g/mol. The quantitative estimate of drug-likeness (QED) is 0.841. The van der Waals surface area contributed by atoms with Gasteiger partial charge in [0.25, 0.3) is 0 Å². The summed E-state index contributed by atoms with van der Waals surface area (Å²) in [5, 5.41) is 3.22. The molecule has 0 aromatic heterocycles. The summed E-state index contributed by atoms with van der Waals surface area (Å²) in [4.78, 5) is 0. The van der Waals surface area contributed by atoms with Gasteiger partial charge in [0.05, 0.1) is 0 Å². The van der Waals surface area contributed by atoms with Gasteiger partial charge >= 0.3 is 6.18 Å². The number of fused-ring (bicyclic) bond motifs is 1. The second-order valence-corrected chi connectivity index (χ2v) is 5.66. The number of hydrogen-bond acceptors (Lipinski definition) is 2. The van der Waals surface area contributed by atoms with Gasteiger partial charge in [0.1, 0.15) is 11.9 Å². The normalized spacial score (nSPS) is 19.2. The Bertz CT molecular complexity index is 473. The van der Waals surface area contributed by atoms with Crippen LogP contribution in [0.4, 0.5) is 13.2 Å². The van der Waals surface area contributed by atoms with Crippen LogP contribution in [0.15, 0.2) is 18.2 Å². The lowest BCUT2D eigenvalue weighted by atomic mass is 9.98. The topological polar surface area (TPSA) is 21.3 Å². The van der Waals surface area contributed by atoms with Crippen LogP contribution in [0.25, 0.3) is 0 Å². The maximum absolute atomic E-state index is 12.5. The first kappa shape index (κ1) is 16.1. The molecule has 1 aliphatic heterocycles. The van der Waals surface area contributed by atoms with Gasteiger partial charge < -0.3 is 10.1 Å². The molecule has 118 valence electrons. The van der Waals surface area contributed by atoms with E-state index in [1.54, 1.807) is 0 Å². The predicted molar refractivity (Wildman–Crippen MR) is 76.6 cm³/mol. The Morgan fingerprint density at radius 2 is 2.14 bits per heavy atom. The highest BCUT2D eigenvalue weighted by Gasteiger charge is 2.29. The lowest BCUT2D eigenvalue weighted by Crippen LogP contribution is -2.24. The summed E-state index contributed by atoms with van der Waals surface area (Å²) in [6, 6.07) is 5.48. The summed E-state index contributed by atoms with van der Waals surface area (Å²) in [7, 11) is 0. The molecule has 2 nitrogen and oxygen atoms in total. The lowest BCUT2D eigenvalue weighted by Gasteiger charge is -2.20.